The molecule has 0 aliphatic rings. The number of anilines is 1. The Morgan fingerprint density at radius 2 is 1.29 bits per heavy atom. The zero-order chi connectivity index (χ0) is 20.3. The molecule has 142 valence electrons. The van der Waals surface area contributed by atoms with E-state index in [2.05, 4.69) is 48.7 Å². The Morgan fingerprint density at radius 1 is 0.679 bits per heavy atom. The fourth-order valence-corrected chi connectivity index (χ4v) is 3.04. The Bertz CT molecular complexity index is 1050. The summed E-state index contributed by atoms with van der Waals surface area (Å²) in [6, 6.07) is 19.1. The van der Waals surface area contributed by atoms with Gasteiger partial charge in [-0.05, 0) is 78.9 Å². The molecule has 3 aromatic rings. The minimum Gasteiger partial charge on any atom is -0.355 e. The summed E-state index contributed by atoms with van der Waals surface area (Å²) >= 11 is 0. The quantitative estimate of drug-likeness (QED) is 0.685. The molecule has 4 heteroatoms. The summed E-state index contributed by atoms with van der Waals surface area (Å²) in [5.74, 6) is -0.462. The van der Waals surface area contributed by atoms with Gasteiger partial charge >= 0.3 is 0 Å². The number of nitrogens with one attached hydrogen (secondary N) is 2. The third-order valence-corrected chi connectivity index (χ3v) is 4.93. The zero-order valence-corrected chi connectivity index (χ0v) is 16.6. The molecule has 0 aliphatic carbocycles. The van der Waals surface area contributed by atoms with Gasteiger partial charge in [-0.15, -0.1) is 0 Å². The summed E-state index contributed by atoms with van der Waals surface area (Å²) < 4.78 is 0. The fraction of sp³-hybridized carbons (Fsp3) is 0.167. The lowest BCUT2D eigenvalue weighted by atomic mass is 9.98. The third-order valence-electron chi connectivity index (χ3n) is 4.93. The van der Waals surface area contributed by atoms with E-state index in [1.165, 1.54) is 11.1 Å². The van der Waals surface area contributed by atoms with Gasteiger partial charge in [0.2, 0.25) is 0 Å². The van der Waals surface area contributed by atoms with E-state index in [1.54, 1.807) is 31.3 Å². The van der Waals surface area contributed by atoms with Crippen molar-refractivity contribution in [3.63, 3.8) is 0 Å². The van der Waals surface area contributed by atoms with Crippen molar-refractivity contribution < 1.29 is 9.59 Å². The lowest BCUT2D eigenvalue weighted by molar-refractivity contribution is 0.0963. The molecular weight excluding hydrogens is 348 g/mol. The molecule has 0 bridgehead atoms. The predicted octanol–water partition coefficient (Wildman–Crippen LogP) is 4.89. The van der Waals surface area contributed by atoms with Crippen LogP contribution in [0, 0.1) is 20.8 Å². The molecule has 0 heterocycles. The van der Waals surface area contributed by atoms with E-state index in [1.807, 2.05) is 19.1 Å². The minimum atomic E-state index is -0.243. The maximum Gasteiger partial charge on any atom is 0.255 e. The summed E-state index contributed by atoms with van der Waals surface area (Å²) in [6.45, 7) is 6.18. The zero-order valence-electron chi connectivity index (χ0n) is 16.6. The van der Waals surface area contributed by atoms with E-state index in [9.17, 15) is 9.59 Å². The summed E-state index contributed by atoms with van der Waals surface area (Å²) in [4.78, 5) is 24.4. The number of carbonyl (C=O) groups is 2. The van der Waals surface area contributed by atoms with Crippen molar-refractivity contribution >= 4 is 17.5 Å². The minimum absolute atomic E-state index is 0.219. The Morgan fingerprint density at radius 3 is 1.89 bits per heavy atom. The number of aryl methyl sites for hydroxylation is 3. The second kappa shape index (κ2) is 8.09. The van der Waals surface area contributed by atoms with Crippen LogP contribution in [0.4, 0.5) is 5.69 Å². The smallest absolute Gasteiger partial charge is 0.255 e. The van der Waals surface area contributed by atoms with Crippen LogP contribution in [-0.2, 0) is 0 Å². The second-order valence-corrected chi connectivity index (χ2v) is 6.94. The van der Waals surface area contributed by atoms with Crippen molar-refractivity contribution in [2.24, 2.45) is 0 Å². The van der Waals surface area contributed by atoms with Crippen molar-refractivity contribution in [1.82, 2.24) is 5.32 Å². The van der Waals surface area contributed by atoms with Crippen molar-refractivity contribution in [1.29, 1.82) is 0 Å². The van der Waals surface area contributed by atoms with Gasteiger partial charge in [0.15, 0.2) is 0 Å². The van der Waals surface area contributed by atoms with Crippen molar-refractivity contribution in [3.8, 4) is 11.1 Å². The van der Waals surface area contributed by atoms with Gasteiger partial charge in [-0.2, -0.15) is 0 Å². The molecule has 0 radical (unpaired) electrons. The standard InChI is InChI=1S/C24H24N2O2/c1-15-8-9-18(12-16(15)2)19-10-11-22(17(3)13-19)26-24(28)21-7-5-6-20(14-21)23(27)25-4/h5-14H,1-4H3,(H,25,27)(H,26,28). The highest BCUT2D eigenvalue weighted by Gasteiger charge is 2.11. The van der Waals surface area contributed by atoms with Gasteiger partial charge in [0.1, 0.15) is 0 Å². The van der Waals surface area contributed by atoms with E-state index >= 15 is 0 Å². The first-order valence-corrected chi connectivity index (χ1v) is 9.21. The van der Waals surface area contributed by atoms with E-state index in [0.29, 0.717) is 11.1 Å². The maximum absolute atomic E-state index is 12.6. The number of carbonyl (C=O) groups excluding carboxylic acids is 2. The summed E-state index contributed by atoms with van der Waals surface area (Å²) in [6.07, 6.45) is 0. The van der Waals surface area contributed by atoms with E-state index < -0.39 is 0 Å². The summed E-state index contributed by atoms with van der Waals surface area (Å²) in [5, 5.41) is 5.50. The number of benzene rings is 3. The predicted molar refractivity (Wildman–Crippen MR) is 114 cm³/mol. The van der Waals surface area contributed by atoms with Crippen LogP contribution in [0.1, 0.15) is 37.4 Å². The van der Waals surface area contributed by atoms with Crippen LogP contribution in [-0.4, -0.2) is 18.9 Å². The van der Waals surface area contributed by atoms with Gasteiger partial charge in [-0.1, -0.05) is 30.3 Å². The van der Waals surface area contributed by atoms with Crippen LogP contribution in [0.25, 0.3) is 11.1 Å². The monoisotopic (exact) mass is 372 g/mol. The van der Waals surface area contributed by atoms with Crippen molar-refractivity contribution in [2.45, 2.75) is 20.8 Å². The second-order valence-electron chi connectivity index (χ2n) is 6.94. The molecule has 3 aromatic carbocycles. The van der Waals surface area contributed by atoms with Gasteiger partial charge in [0, 0.05) is 23.9 Å². The Balaban J connectivity index is 1.82. The Kier molecular flexibility index (Phi) is 5.59. The Labute approximate surface area is 165 Å². The molecule has 0 unspecified atom stereocenters. The van der Waals surface area contributed by atoms with Crippen LogP contribution in [0.5, 0.6) is 0 Å². The van der Waals surface area contributed by atoms with Crippen LogP contribution in [0.15, 0.2) is 60.7 Å². The van der Waals surface area contributed by atoms with Crippen molar-refractivity contribution in [2.75, 3.05) is 12.4 Å². The molecule has 0 saturated heterocycles. The highest BCUT2D eigenvalue weighted by molar-refractivity contribution is 6.06. The van der Waals surface area contributed by atoms with Crippen LogP contribution in [0.3, 0.4) is 0 Å². The number of rotatable bonds is 4. The highest BCUT2D eigenvalue weighted by Crippen LogP contribution is 2.26. The first-order chi connectivity index (χ1) is 13.4. The summed E-state index contributed by atoms with van der Waals surface area (Å²) in [7, 11) is 1.57. The first kappa shape index (κ1) is 19.4. The molecule has 0 atom stereocenters. The molecule has 2 N–H and O–H groups in total. The van der Waals surface area contributed by atoms with Gasteiger partial charge in [-0.25, -0.2) is 0 Å². The number of hydrogen-bond acceptors (Lipinski definition) is 2. The van der Waals surface area contributed by atoms with E-state index in [-0.39, 0.29) is 11.8 Å². The molecule has 0 fully saturated rings. The van der Waals surface area contributed by atoms with E-state index in [4.69, 9.17) is 0 Å². The van der Waals surface area contributed by atoms with Gasteiger partial charge in [0.25, 0.3) is 11.8 Å². The Hall–Kier alpha value is -3.40. The van der Waals surface area contributed by atoms with Crippen LogP contribution < -0.4 is 10.6 Å². The number of amides is 2. The number of hydrogen-bond donors (Lipinski definition) is 2. The van der Waals surface area contributed by atoms with Gasteiger partial charge < -0.3 is 10.6 Å². The third kappa shape index (κ3) is 4.12. The lowest BCUT2D eigenvalue weighted by Crippen LogP contribution is -2.19. The fourth-order valence-electron chi connectivity index (χ4n) is 3.04. The van der Waals surface area contributed by atoms with Crippen LogP contribution >= 0.6 is 0 Å². The molecule has 0 spiro atoms. The molecule has 3 rings (SSSR count). The maximum atomic E-state index is 12.6. The molecule has 0 aliphatic heterocycles. The normalized spacial score (nSPS) is 10.4. The largest absolute Gasteiger partial charge is 0.355 e. The first-order valence-electron chi connectivity index (χ1n) is 9.21. The SMILES string of the molecule is CNC(=O)c1cccc(C(=O)Nc2ccc(-c3ccc(C)c(C)c3)cc2C)c1. The molecule has 2 amide bonds. The van der Waals surface area contributed by atoms with Gasteiger partial charge in [-0.3, -0.25) is 9.59 Å². The molecule has 0 saturated carbocycles. The summed E-state index contributed by atoms with van der Waals surface area (Å²) in [5.41, 5.74) is 7.42. The van der Waals surface area contributed by atoms with Crippen molar-refractivity contribution in [3.05, 3.63) is 88.5 Å². The molecular formula is C24H24N2O2. The average molecular weight is 372 g/mol. The molecule has 4 nitrogen and oxygen atoms in total. The van der Waals surface area contributed by atoms with Gasteiger partial charge in [0.05, 0.1) is 0 Å². The van der Waals surface area contributed by atoms with E-state index in [0.717, 1.165) is 22.4 Å². The molecule has 28 heavy (non-hydrogen) atoms. The average Bonchev–Trinajstić information content (AvgIpc) is 2.71. The lowest BCUT2D eigenvalue weighted by Gasteiger charge is -2.12. The molecule has 0 aromatic heterocycles. The van der Waals surface area contributed by atoms with Crippen LogP contribution in [0.2, 0.25) is 0 Å². The topological polar surface area (TPSA) is 58.2 Å². The highest BCUT2D eigenvalue weighted by atomic mass is 16.2.